The summed E-state index contributed by atoms with van der Waals surface area (Å²) >= 11 is 0. The predicted molar refractivity (Wildman–Crippen MR) is 74.5 cm³/mol. The van der Waals surface area contributed by atoms with Crippen molar-refractivity contribution in [2.24, 2.45) is 0 Å². The lowest BCUT2D eigenvalue weighted by Crippen LogP contribution is -2.19. The van der Waals surface area contributed by atoms with Crippen molar-refractivity contribution in [3.8, 4) is 17.3 Å². The molecule has 2 aromatic rings. The Kier molecular flexibility index (Phi) is 4.83. The summed E-state index contributed by atoms with van der Waals surface area (Å²) in [7, 11) is -3.53. The highest BCUT2D eigenvalue weighted by Crippen LogP contribution is 2.24. The molecule has 2 aromatic heterocycles. The molecule has 0 unspecified atom stereocenters. The fourth-order valence-electron chi connectivity index (χ4n) is 1.66. The van der Waals surface area contributed by atoms with Gasteiger partial charge in [0, 0.05) is 6.20 Å². The van der Waals surface area contributed by atoms with Crippen LogP contribution in [-0.4, -0.2) is 41.9 Å². The molecule has 0 aromatic carbocycles. The van der Waals surface area contributed by atoms with E-state index in [1.165, 1.54) is 25.3 Å². The minimum absolute atomic E-state index is 0.0132. The van der Waals surface area contributed by atoms with Crippen molar-refractivity contribution in [1.29, 1.82) is 0 Å². The summed E-state index contributed by atoms with van der Waals surface area (Å²) in [6.07, 6.45) is -0.996. The second-order valence-electron chi connectivity index (χ2n) is 4.40. The molecule has 0 aliphatic carbocycles. The third-order valence-electron chi connectivity index (χ3n) is 2.74. The van der Waals surface area contributed by atoms with Gasteiger partial charge in [0.1, 0.15) is 11.4 Å². The number of ether oxygens (including phenoxy) is 1. The van der Waals surface area contributed by atoms with Crippen LogP contribution in [0.4, 0.5) is 13.2 Å². The molecule has 0 saturated heterocycles. The summed E-state index contributed by atoms with van der Waals surface area (Å²) in [6.45, 7) is 0.00590. The van der Waals surface area contributed by atoms with Crippen LogP contribution in [0.15, 0.2) is 35.6 Å². The average Bonchev–Trinajstić information content (AvgIpc) is 2.53. The van der Waals surface area contributed by atoms with Crippen molar-refractivity contribution in [3.05, 3.63) is 30.7 Å². The number of halogens is 3. The standard InChI is InChI=1S/C13H12F3N3O3S/c1-2-23(20,21)10-4-3-5-17-12(10)9-6-19-11(7-18-9)22-8-13(14,15)16/h3-7H,2,8H2,1H3. The summed E-state index contributed by atoms with van der Waals surface area (Å²) in [5, 5.41) is 0. The Balaban J connectivity index is 2.31. The fraction of sp³-hybridized carbons (Fsp3) is 0.308. The molecule has 2 rings (SSSR count). The highest BCUT2D eigenvalue weighted by molar-refractivity contribution is 7.91. The maximum absolute atomic E-state index is 12.1. The molecule has 0 saturated carbocycles. The molecular formula is C13H12F3N3O3S. The van der Waals surface area contributed by atoms with Crippen LogP contribution in [0.3, 0.4) is 0 Å². The number of alkyl halides is 3. The van der Waals surface area contributed by atoms with Crippen molar-refractivity contribution in [3.63, 3.8) is 0 Å². The Hall–Kier alpha value is -2.23. The van der Waals surface area contributed by atoms with E-state index in [1.807, 2.05) is 0 Å². The maximum atomic E-state index is 12.1. The zero-order valence-electron chi connectivity index (χ0n) is 11.9. The van der Waals surface area contributed by atoms with Crippen LogP contribution >= 0.6 is 0 Å². The summed E-state index contributed by atoms with van der Waals surface area (Å²) in [5.41, 5.74) is 0.209. The van der Waals surface area contributed by atoms with E-state index in [1.54, 1.807) is 0 Å². The van der Waals surface area contributed by atoms with E-state index in [9.17, 15) is 21.6 Å². The molecule has 0 amide bonds. The van der Waals surface area contributed by atoms with Crippen molar-refractivity contribution in [2.45, 2.75) is 18.0 Å². The SMILES string of the molecule is CCS(=O)(=O)c1cccnc1-c1cnc(OCC(F)(F)F)cn1. The first-order chi connectivity index (χ1) is 10.7. The zero-order valence-corrected chi connectivity index (χ0v) is 12.7. The van der Waals surface area contributed by atoms with Gasteiger partial charge in [0.25, 0.3) is 0 Å². The van der Waals surface area contributed by atoms with E-state index in [0.29, 0.717) is 0 Å². The van der Waals surface area contributed by atoms with Crippen LogP contribution in [0.5, 0.6) is 5.88 Å². The fourth-order valence-corrected chi connectivity index (χ4v) is 2.71. The van der Waals surface area contributed by atoms with E-state index in [-0.39, 0.29) is 27.9 Å². The number of hydrogen-bond donors (Lipinski definition) is 0. The van der Waals surface area contributed by atoms with Gasteiger partial charge in [0.05, 0.1) is 23.0 Å². The third kappa shape index (κ3) is 4.38. The minimum Gasteiger partial charge on any atom is -0.467 e. The van der Waals surface area contributed by atoms with Crippen LogP contribution in [-0.2, 0) is 9.84 Å². The first-order valence-electron chi connectivity index (χ1n) is 6.42. The van der Waals surface area contributed by atoms with E-state index in [4.69, 9.17) is 0 Å². The van der Waals surface area contributed by atoms with Gasteiger partial charge in [-0.1, -0.05) is 6.92 Å². The highest BCUT2D eigenvalue weighted by Gasteiger charge is 2.28. The molecule has 0 radical (unpaired) electrons. The van der Waals surface area contributed by atoms with Gasteiger partial charge >= 0.3 is 6.18 Å². The monoisotopic (exact) mass is 347 g/mol. The number of pyridine rings is 1. The third-order valence-corrected chi connectivity index (χ3v) is 4.50. The van der Waals surface area contributed by atoms with Crippen LogP contribution in [0.25, 0.3) is 11.4 Å². The van der Waals surface area contributed by atoms with Crippen molar-refractivity contribution < 1.29 is 26.3 Å². The molecule has 0 spiro atoms. The van der Waals surface area contributed by atoms with Gasteiger partial charge in [-0.05, 0) is 12.1 Å². The lowest BCUT2D eigenvalue weighted by Gasteiger charge is -2.09. The van der Waals surface area contributed by atoms with Gasteiger partial charge in [-0.3, -0.25) is 4.98 Å². The zero-order chi connectivity index (χ0) is 17.1. The molecule has 10 heteroatoms. The highest BCUT2D eigenvalue weighted by atomic mass is 32.2. The topological polar surface area (TPSA) is 82.0 Å². The molecule has 0 aliphatic heterocycles. The van der Waals surface area contributed by atoms with E-state index in [2.05, 4.69) is 19.7 Å². The van der Waals surface area contributed by atoms with Crippen molar-refractivity contribution >= 4 is 9.84 Å². The van der Waals surface area contributed by atoms with Gasteiger partial charge in [0.15, 0.2) is 16.4 Å². The average molecular weight is 347 g/mol. The summed E-state index contributed by atoms with van der Waals surface area (Å²) < 4.78 is 64.7. The summed E-state index contributed by atoms with van der Waals surface area (Å²) in [5.74, 6) is -0.437. The van der Waals surface area contributed by atoms with Crippen LogP contribution in [0.2, 0.25) is 0 Å². The lowest BCUT2D eigenvalue weighted by molar-refractivity contribution is -0.154. The van der Waals surface area contributed by atoms with Crippen LogP contribution in [0.1, 0.15) is 6.92 Å². The Morgan fingerprint density at radius 3 is 2.48 bits per heavy atom. The number of nitrogens with zero attached hydrogens (tertiary/aromatic N) is 3. The summed E-state index contributed by atoms with van der Waals surface area (Å²) in [4.78, 5) is 11.5. The van der Waals surface area contributed by atoms with Gasteiger partial charge in [0.2, 0.25) is 5.88 Å². The van der Waals surface area contributed by atoms with Crippen molar-refractivity contribution in [1.82, 2.24) is 15.0 Å². The number of aromatic nitrogens is 3. The molecule has 0 fully saturated rings. The Morgan fingerprint density at radius 2 is 1.91 bits per heavy atom. The van der Waals surface area contributed by atoms with Crippen molar-refractivity contribution in [2.75, 3.05) is 12.4 Å². The lowest BCUT2D eigenvalue weighted by atomic mass is 10.3. The molecule has 6 nitrogen and oxygen atoms in total. The quantitative estimate of drug-likeness (QED) is 0.825. The maximum Gasteiger partial charge on any atom is 0.422 e. The minimum atomic E-state index is -4.48. The second kappa shape index (κ2) is 6.49. The van der Waals surface area contributed by atoms with Gasteiger partial charge in [-0.2, -0.15) is 13.2 Å². The second-order valence-corrected chi connectivity index (χ2v) is 6.64. The number of sulfone groups is 1. The normalized spacial score (nSPS) is 12.2. The molecule has 0 bridgehead atoms. The molecular weight excluding hydrogens is 335 g/mol. The van der Waals surface area contributed by atoms with Gasteiger partial charge in [-0.25, -0.2) is 18.4 Å². The van der Waals surface area contributed by atoms with Gasteiger partial charge < -0.3 is 4.74 Å². The summed E-state index contributed by atoms with van der Waals surface area (Å²) in [6, 6.07) is 2.86. The van der Waals surface area contributed by atoms with Crippen LogP contribution < -0.4 is 4.74 Å². The van der Waals surface area contributed by atoms with Gasteiger partial charge in [-0.15, -0.1) is 0 Å². The van der Waals surface area contributed by atoms with E-state index >= 15 is 0 Å². The predicted octanol–water partition coefficient (Wildman–Crippen LogP) is 2.27. The molecule has 2 heterocycles. The van der Waals surface area contributed by atoms with Crippen LogP contribution in [0, 0.1) is 0 Å². The first-order valence-corrected chi connectivity index (χ1v) is 8.08. The number of hydrogen-bond acceptors (Lipinski definition) is 6. The molecule has 23 heavy (non-hydrogen) atoms. The molecule has 0 N–H and O–H groups in total. The number of rotatable bonds is 5. The molecule has 0 atom stereocenters. The Bertz CT molecular complexity index is 777. The first kappa shape index (κ1) is 17.1. The largest absolute Gasteiger partial charge is 0.467 e. The molecule has 124 valence electrons. The Labute approximate surface area is 130 Å². The van der Waals surface area contributed by atoms with E-state index < -0.39 is 22.6 Å². The smallest absolute Gasteiger partial charge is 0.422 e. The molecule has 0 aliphatic rings. The van der Waals surface area contributed by atoms with E-state index in [0.717, 1.165) is 12.4 Å². The Morgan fingerprint density at radius 1 is 1.17 bits per heavy atom.